The molecular weight excluding hydrogens is 266 g/mol. The largest absolute Gasteiger partial charge is 0.489 e. The number of nitrogens with two attached hydrogens (primary N) is 1. The highest BCUT2D eigenvalue weighted by Gasteiger charge is 2.03. The molecule has 20 heavy (non-hydrogen) atoms. The number of hydrogen-bond donors (Lipinski definition) is 1. The van der Waals surface area contributed by atoms with Crippen LogP contribution in [0.25, 0.3) is 0 Å². The van der Waals surface area contributed by atoms with E-state index in [1.807, 2.05) is 12.1 Å². The third-order valence-corrected chi connectivity index (χ3v) is 4.11. The van der Waals surface area contributed by atoms with Gasteiger partial charge in [0.1, 0.15) is 12.4 Å². The standard InChI is InChI=1S/C17H21NOS/c1-13(11-18)15-5-3-14(4-6-15)12-19-16-7-9-17(20-2)10-8-16/h3-10,13H,11-12,18H2,1-2H3. The lowest BCUT2D eigenvalue weighted by Gasteiger charge is -2.10. The summed E-state index contributed by atoms with van der Waals surface area (Å²) in [6.45, 7) is 3.41. The van der Waals surface area contributed by atoms with E-state index in [1.165, 1.54) is 16.0 Å². The molecule has 0 saturated heterocycles. The molecule has 0 saturated carbocycles. The lowest BCUT2D eigenvalue weighted by Crippen LogP contribution is -2.08. The number of rotatable bonds is 6. The SMILES string of the molecule is CSc1ccc(OCc2ccc(C(C)CN)cc2)cc1. The van der Waals surface area contributed by atoms with Gasteiger partial charge in [-0.05, 0) is 54.1 Å². The van der Waals surface area contributed by atoms with Gasteiger partial charge < -0.3 is 10.5 Å². The van der Waals surface area contributed by atoms with E-state index < -0.39 is 0 Å². The molecule has 0 spiro atoms. The molecule has 0 fully saturated rings. The zero-order valence-corrected chi connectivity index (χ0v) is 12.8. The summed E-state index contributed by atoms with van der Waals surface area (Å²) < 4.78 is 5.78. The lowest BCUT2D eigenvalue weighted by atomic mass is 10.0. The first-order chi connectivity index (χ1) is 9.72. The molecule has 1 atom stereocenters. The Morgan fingerprint density at radius 1 is 1.05 bits per heavy atom. The van der Waals surface area contributed by atoms with Crippen molar-refractivity contribution in [3.05, 3.63) is 59.7 Å². The summed E-state index contributed by atoms with van der Waals surface area (Å²) in [7, 11) is 0. The van der Waals surface area contributed by atoms with Crippen LogP contribution in [0.4, 0.5) is 0 Å². The number of hydrogen-bond acceptors (Lipinski definition) is 3. The Morgan fingerprint density at radius 3 is 2.25 bits per heavy atom. The molecule has 2 aromatic rings. The normalized spacial score (nSPS) is 12.2. The Morgan fingerprint density at radius 2 is 1.70 bits per heavy atom. The van der Waals surface area contributed by atoms with E-state index in [1.54, 1.807) is 11.8 Å². The maximum Gasteiger partial charge on any atom is 0.119 e. The van der Waals surface area contributed by atoms with Crippen LogP contribution in [0.2, 0.25) is 0 Å². The first-order valence-electron chi connectivity index (χ1n) is 6.78. The van der Waals surface area contributed by atoms with Crippen molar-refractivity contribution >= 4 is 11.8 Å². The molecule has 0 radical (unpaired) electrons. The molecule has 0 aromatic heterocycles. The summed E-state index contributed by atoms with van der Waals surface area (Å²) in [4.78, 5) is 1.25. The van der Waals surface area contributed by atoms with Gasteiger partial charge in [-0.25, -0.2) is 0 Å². The van der Waals surface area contributed by atoms with Crippen LogP contribution in [0.1, 0.15) is 24.0 Å². The first kappa shape index (κ1) is 14.9. The summed E-state index contributed by atoms with van der Waals surface area (Å²) >= 11 is 1.73. The van der Waals surface area contributed by atoms with E-state index >= 15 is 0 Å². The van der Waals surface area contributed by atoms with E-state index in [2.05, 4.69) is 49.6 Å². The molecule has 1 unspecified atom stereocenters. The molecule has 2 N–H and O–H groups in total. The molecule has 106 valence electrons. The summed E-state index contributed by atoms with van der Waals surface area (Å²) in [5.74, 6) is 1.31. The second kappa shape index (κ2) is 7.36. The topological polar surface area (TPSA) is 35.2 Å². The van der Waals surface area contributed by atoms with Gasteiger partial charge in [0.05, 0.1) is 0 Å². The van der Waals surface area contributed by atoms with Gasteiger partial charge in [-0.15, -0.1) is 11.8 Å². The fraction of sp³-hybridized carbons (Fsp3) is 0.294. The van der Waals surface area contributed by atoms with Crippen molar-refractivity contribution in [1.82, 2.24) is 0 Å². The minimum Gasteiger partial charge on any atom is -0.489 e. The number of ether oxygens (including phenoxy) is 1. The molecule has 0 amide bonds. The summed E-state index contributed by atoms with van der Waals surface area (Å²) in [6, 6.07) is 16.7. The highest BCUT2D eigenvalue weighted by molar-refractivity contribution is 7.98. The van der Waals surface area contributed by atoms with Gasteiger partial charge in [-0.1, -0.05) is 31.2 Å². The predicted octanol–water partition coefficient (Wildman–Crippen LogP) is 4.05. The van der Waals surface area contributed by atoms with Crippen LogP contribution in [0, 0.1) is 0 Å². The van der Waals surface area contributed by atoms with Crippen molar-refractivity contribution in [2.75, 3.05) is 12.8 Å². The van der Waals surface area contributed by atoms with E-state index in [0.717, 1.165) is 5.75 Å². The van der Waals surface area contributed by atoms with E-state index in [-0.39, 0.29) is 0 Å². The summed E-state index contributed by atoms with van der Waals surface area (Å²) in [5, 5.41) is 0. The number of thioether (sulfide) groups is 1. The second-order valence-corrected chi connectivity index (χ2v) is 5.72. The average Bonchev–Trinajstić information content (AvgIpc) is 2.53. The quantitative estimate of drug-likeness (QED) is 0.814. The molecule has 0 aliphatic carbocycles. The Hall–Kier alpha value is -1.45. The molecule has 2 aromatic carbocycles. The van der Waals surface area contributed by atoms with Crippen LogP contribution in [0.15, 0.2) is 53.4 Å². The van der Waals surface area contributed by atoms with Crippen LogP contribution in [-0.2, 0) is 6.61 Å². The van der Waals surface area contributed by atoms with Crippen LogP contribution in [0.5, 0.6) is 5.75 Å². The smallest absolute Gasteiger partial charge is 0.119 e. The van der Waals surface area contributed by atoms with Crippen LogP contribution in [0.3, 0.4) is 0 Å². The third-order valence-electron chi connectivity index (χ3n) is 3.37. The monoisotopic (exact) mass is 287 g/mol. The Bertz CT molecular complexity index is 522. The molecule has 0 heterocycles. The fourth-order valence-corrected chi connectivity index (χ4v) is 2.33. The molecular formula is C17H21NOS. The van der Waals surface area contributed by atoms with Crippen molar-refractivity contribution in [1.29, 1.82) is 0 Å². The van der Waals surface area contributed by atoms with E-state index in [0.29, 0.717) is 19.1 Å². The van der Waals surface area contributed by atoms with Gasteiger partial charge in [0, 0.05) is 4.90 Å². The lowest BCUT2D eigenvalue weighted by molar-refractivity contribution is 0.306. The van der Waals surface area contributed by atoms with Crippen molar-refractivity contribution in [2.24, 2.45) is 5.73 Å². The minimum atomic E-state index is 0.407. The van der Waals surface area contributed by atoms with Gasteiger partial charge >= 0.3 is 0 Å². The highest BCUT2D eigenvalue weighted by Crippen LogP contribution is 2.20. The molecule has 0 aliphatic heterocycles. The Kier molecular flexibility index (Phi) is 5.50. The van der Waals surface area contributed by atoms with Gasteiger partial charge in [-0.2, -0.15) is 0 Å². The van der Waals surface area contributed by atoms with Gasteiger partial charge in [-0.3, -0.25) is 0 Å². The zero-order chi connectivity index (χ0) is 14.4. The zero-order valence-electron chi connectivity index (χ0n) is 12.0. The Labute approximate surface area is 125 Å². The van der Waals surface area contributed by atoms with E-state index in [4.69, 9.17) is 10.5 Å². The molecule has 0 aliphatic rings. The van der Waals surface area contributed by atoms with Crippen molar-refractivity contribution in [3.8, 4) is 5.75 Å². The molecule has 2 rings (SSSR count). The van der Waals surface area contributed by atoms with Crippen molar-refractivity contribution in [3.63, 3.8) is 0 Å². The van der Waals surface area contributed by atoms with Crippen LogP contribution >= 0.6 is 11.8 Å². The molecule has 3 heteroatoms. The van der Waals surface area contributed by atoms with E-state index in [9.17, 15) is 0 Å². The maximum atomic E-state index is 5.78. The summed E-state index contributed by atoms with van der Waals surface area (Å²) in [5.41, 5.74) is 8.13. The summed E-state index contributed by atoms with van der Waals surface area (Å²) in [6.07, 6.45) is 2.07. The van der Waals surface area contributed by atoms with Crippen molar-refractivity contribution in [2.45, 2.75) is 24.3 Å². The van der Waals surface area contributed by atoms with Crippen LogP contribution < -0.4 is 10.5 Å². The maximum absolute atomic E-state index is 5.78. The Balaban J connectivity index is 1.93. The minimum absolute atomic E-state index is 0.407. The van der Waals surface area contributed by atoms with Gasteiger partial charge in [0.25, 0.3) is 0 Å². The van der Waals surface area contributed by atoms with Crippen LogP contribution in [-0.4, -0.2) is 12.8 Å². The highest BCUT2D eigenvalue weighted by atomic mass is 32.2. The molecule has 0 bridgehead atoms. The average molecular weight is 287 g/mol. The predicted molar refractivity (Wildman–Crippen MR) is 86.5 cm³/mol. The third kappa shape index (κ3) is 4.02. The molecule has 2 nitrogen and oxygen atoms in total. The fourth-order valence-electron chi connectivity index (χ4n) is 1.92. The van der Waals surface area contributed by atoms with Crippen molar-refractivity contribution < 1.29 is 4.74 Å². The van der Waals surface area contributed by atoms with Gasteiger partial charge in [0.15, 0.2) is 0 Å². The van der Waals surface area contributed by atoms with Gasteiger partial charge in [0.2, 0.25) is 0 Å². The number of benzene rings is 2. The first-order valence-corrected chi connectivity index (χ1v) is 8.01. The second-order valence-electron chi connectivity index (χ2n) is 4.84.